The SMILES string of the molecule is COc1ccc(C2(O)CCN(CC34CC(c5ccccc53)c3ccccc34)CC2)cn1. The lowest BCUT2D eigenvalue weighted by Crippen LogP contribution is -2.47. The molecule has 1 N–H and O–H groups in total. The van der Waals surface area contributed by atoms with Crippen LogP contribution in [0.3, 0.4) is 0 Å². The van der Waals surface area contributed by atoms with E-state index in [1.165, 1.54) is 28.7 Å². The average molecular weight is 413 g/mol. The molecule has 0 atom stereocenters. The first-order valence-electron chi connectivity index (χ1n) is 11.3. The van der Waals surface area contributed by atoms with Gasteiger partial charge in [-0.05, 0) is 47.6 Å². The van der Waals surface area contributed by atoms with Gasteiger partial charge in [0.1, 0.15) is 0 Å². The van der Waals surface area contributed by atoms with Crippen molar-refractivity contribution in [2.24, 2.45) is 0 Å². The maximum absolute atomic E-state index is 11.3. The van der Waals surface area contributed by atoms with Gasteiger partial charge in [-0.3, -0.25) is 0 Å². The molecule has 3 aromatic rings. The summed E-state index contributed by atoms with van der Waals surface area (Å²) in [7, 11) is 1.61. The Labute approximate surface area is 183 Å². The van der Waals surface area contributed by atoms with E-state index in [2.05, 4.69) is 58.4 Å². The minimum atomic E-state index is -0.808. The summed E-state index contributed by atoms with van der Waals surface area (Å²) in [5, 5.41) is 11.3. The Morgan fingerprint density at radius 1 is 0.968 bits per heavy atom. The zero-order chi connectivity index (χ0) is 21.1. The Hall–Kier alpha value is -2.69. The van der Waals surface area contributed by atoms with Crippen molar-refractivity contribution in [3.05, 3.63) is 94.7 Å². The molecular formula is C27H28N2O2. The van der Waals surface area contributed by atoms with Gasteiger partial charge in [-0.25, -0.2) is 4.98 Å². The number of piperidine rings is 1. The molecule has 31 heavy (non-hydrogen) atoms. The first kappa shape index (κ1) is 19.0. The molecule has 2 bridgehead atoms. The summed E-state index contributed by atoms with van der Waals surface area (Å²) in [5.74, 6) is 1.11. The molecule has 0 saturated carbocycles. The number of pyridine rings is 1. The molecule has 1 aromatic heterocycles. The quantitative estimate of drug-likeness (QED) is 0.697. The van der Waals surface area contributed by atoms with E-state index in [1.54, 1.807) is 13.3 Å². The smallest absolute Gasteiger partial charge is 0.212 e. The van der Waals surface area contributed by atoms with Gasteiger partial charge in [0, 0.05) is 48.8 Å². The predicted molar refractivity (Wildman–Crippen MR) is 120 cm³/mol. The molecule has 158 valence electrons. The van der Waals surface area contributed by atoms with Crippen LogP contribution < -0.4 is 4.74 Å². The zero-order valence-electron chi connectivity index (χ0n) is 17.9. The van der Waals surface area contributed by atoms with Gasteiger partial charge in [-0.15, -0.1) is 0 Å². The van der Waals surface area contributed by atoms with Crippen LogP contribution in [0.2, 0.25) is 0 Å². The van der Waals surface area contributed by atoms with E-state index < -0.39 is 5.60 Å². The molecule has 0 amide bonds. The number of aliphatic hydroxyl groups is 1. The van der Waals surface area contributed by atoms with Crippen molar-refractivity contribution >= 4 is 0 Å². The fourth-order valence-electron chi connectivity index (χ4n) is 6.34. The van der Waals surface area contributed by atoms with Crippen LogP contribution in [0.15, 0.2) is 66.9 Å². The van der Waals surface area contributed by atoms with Gasteiger partial charge in [0.05, 0.1) is 12.7 Å². The van der Waals surface area contributed by atoms with E-state index in [9.17, 15) is 5.11 Å². The van der Waals surface area contributed by atoms with E-state index in [-0.39, 0.29) is 5.41 Å². The van der Waals surface area contributed by atoms with E-state index in [0.717, 1.165) is 38.0 Å². The minimum absolute atomic E-state index is 0.0784. The number of likely N-dealkylation sites (tertiary alicyclic amines) is 1. The van der Waals surface area contributed by atoms with Gasteiger partial charge in [0.2, 0.25) is 5.88 Å². The number of rotatable bonds is 4. The lowest BCUT2D eigenvalue weighted by Gasteiger charge is -2.42. The molecule has 6 rings (SSSR count). The van der Waals surface area contributed by atoms with Gasteiger partial charge >= 0.3 is 0 Å². The Bertz CT molecular complexity index is 1070. The molecule has 0 spiro atoms. The molecule has 1 fully saturated rings. The topological polar surface area (TPSA) is 45.6 Å². The van der Waals surface area contributed by atoms with Crippen LogP contribution in [0.5, 0.6) is 5.88 Å². The van der Waals surface area contributed by atoms with Crippen molar-refractivity contribution in [1.29, 1.82) is 0 Å². The van der Waals surface area contributed by atoms with Crippen LogP contribution in [-0.4, -0.2) is 41.7 Å². The summed E-state index contributed by atoms with van der Waals surface area (Å²) < 4.78 is 5.16. The summed E-state index contributed by atoms with van der Waals surface area (Å²) in [6.45, 7) is 2.80. The van der Waals surface area contributed by atoms with Crippen LogP contribution in [0.1, 0.15) is 53.0 Å². The molecule has 0 unspecified atom stereocenters. The molecule has 2 aromatic carbocycles. The average Bonchev–Trinajstić information content (AvgIpc) is 3.33. The van der Waals surface area contributed by atoms with E-state index in [4.69, 9.17) is 4.74 Å². The van der Waals surface area contributed by atoms with Crippen molar-refractivity contribution in [2.75, 3.05) is 26.7 Å². The normalized spacial score (nSPS) is 25.8. The third kappa shape index (κ3) is 2.78. The van der Waals surface area contributed by atoms with Gasteiger partial charge in [0.15, 0.2) is 0 Å². The second-order valence-electron chi connectivity index (χ2n) is 9.41. The van der Waals surface area contributed by atoms with Crippen LogP contribution in [0.4, 0.5) is 0 Å². The predicted octanol–water partition coefficient (Wildman–Crippen LogP) is 4.21. The largest absolute Gasteiger partial charge is 0.481 e. The summed E-state index contributed by atoms with van der Waals surface area (Å²) in [6, 6.07) is 21.9. The molecule has 1 aliphatic heterocycles. The van der Waals surface area contributed by atoms with Crippen molar-refractivity contribution in [3.8, 4) is 5.88 Å². The molecular weight excluding hydrogens is 384 g/mol. The summed E-state index contributed by atoms with van der Waals surface area (Å²) in [5.41, 5.74) is 6.21. The number of benzene rings is 2. The highest BCUT2D eigenvalue weighted by Gasteiger charge is 2.53. The Morgan fingerprint density at radius 2 is 1.61 bits per heavy atom. The second kappa shape index (κ2) is 6.91. The van der Waals surface area contributed by atoms with E-state index in [0.29, 0.717) is 11.8 Å². The Morgan fingerprint density at radius 3 is 2.19 bits per heavy atom. The number of ether oxygens (including phenoxy) is 1. The van der Waals surface area contributed by atoms with Crippen LogP contribution in [0.25, 0.3) is 0 Å². The van der Waals surface area contributed by atoms with Crippen molar-refractivity contribution < 1.29 is 9.84 Å². The fourth-order valence-corrected chi connectivity index (χ4v) is 6.34. The number of fused-ring (bicyclic) bond motifs is 8. The molecule has 2 heterocycles. The number of aromatic nitrogens is 1. The first-order chi connectivity index (χ1) is 15.1. The molecule has 1 saturated heterocycles. The third-order valence-corrected chi connectivity index (χ3v) is 7.92. The molecule has 4 heteroatoms. The second-order valence-corrected chi connectivity index (χ2v) is 9.41. The number of nitrogens with zero attached hydrogens (tertiary/aromatic N) is 2. The number of hydrogen-bond acceptors (Lipinski definition) is 4. The fraction of sp³-hybridized carbons (Fsp3) is 0.370. The summed E-state index contributed by atoms with van der Waals surface area (Å²) >= 11 is 0. The third-order valence-electron chi connectivity index (χ3n) is 7.92. The zero-order valence-corrected chi connectivity index (χ0v) is 17.9. The van der Waals surface area contributed by atoms with Crippen LogP contribution in [0, 0.1) is 0 Å². The van der Waals surface area contributed by atoms with Crippen molar-refractivity contribution in [3.63, 3.8) is 0 Å². The standard InChI is InChI=1S/C27H28N2O2/c1-31-25-11-10-19(17-28-25)27(30)12-14-29(15-13-27)18-26-16-22(20-6-2-4-8-23(20)26)21-7-3-5-9-24(21)26/h2-11,17,22,30H,12-16,18H2,1H3. The van der Waals surface area contributed by atoms with E-state index in [1.807, 2.05) is 12.1 Å². The van der Waals surface area contributed by atoms with Gasteiger partial charge in [-0.1, -0.05) is 48.5 Å². The first-order valence-corrected chi connectivity index (χ1v) is 11.3. The number of methoxy groups -OCH3 is 1. The number of hydrogen-bond donors (Lipinski definition) is 1. The van der Waals surface area contributed by atoms with Gasteiger partial charge < -0.3 is 14.7 Å². The Balaban J connectivity index is 1.26. The molecule has 2 aliphatic carbocycles. The van der Waals surface area contributed by atoms with Gasteiger partial charge in [-0.2, -0.15) is 0 Å². The van der Waals surface area contributed by atoms with Crippen molar-refractivity contribution in [2.45, 2.75) is 36.2 Å². The Kier molecular flexibility index (Phi) is 4.24. The van der Waals surface area contributed by atoms with Crippen LogP contribution >= 0.6 is 0 Å². The molecule has 3 aliphatic rings. The van der Waals surface area contributed by atoms with Gasteiger partial charge in [0.25, 0.3) is 0 Å². The molecule has 4 nitrogen and oxygen atoms in total. The highest BCUT2D eigenvalue weighted by atomic mass is 16.5. The minimum Gasteiger partial charge on any atom is -0.481 e. The maximum atomic E-state index is 11.3. The lowest BCUT2D eigenvalue weighted by molar-refractivity contribution is -0.0292. The highest BCUT2D eigenvalue weighted by molar-refractivity contribution is 5.62. The summed E-state index contributed by atoms with van der Waals surface area (Å²) in [4.78, 5) is 6.87. The van der Waals surface area contributed by atoms with Crippen LogP contribution in [-0.2, 0) is 11.0 Å². The monoisotopic (exact) mass is 412 g/mol. The summed E-state index contributed by atoms with van der Waals surface area (Å²) in [6.07, 6.45) is 4.39. The lowest BCUT2D eigenvalue weighted by atomic mass is 9.74. The molecule has 0 radical (unpaired) electrons. The highest BCUT2D eigenvalue weighted by Crippen LogP contribution is 2.60. The maximum Gasteiger partial charge on any atom is 0.212 e. The van der Waals surface area contributed by atoms with Crippen molar-refractivity contribution in [1.82, 2.24) is 9.88 Å². The van der Waals surface area contributed by atoms with E-state index >= 15 is 0 Å².